The van der Waals surface area contributed by atoms with Crippen LogP contribution in [0.4, 0.5) is 4.79 Å². The summed E-state index contributed by atoms with van der Waals surface area (Å²) in [5, 5.41) is 8.44. The lowest BCUT2D eigenvalue weighted by Gasteiger charge is -2.31. The molecular formula is C11H19N3O. The van der Waals surface area contributed by atoms with Gasteiger partial charge in [0.15, 0.2) is 0 Å². The fraction of sp³-hybridized carbons (Fsp3) is 0.818. The van der Waals surface area contributed by atoms with Crippen LogP contribution in [0.3, 0.4) is 0 Å². The lowest BCUT2D eigenvalue weighted by Crippen LogP contribution is -2.43. The third kappa shape index (κ3) is 2.13. The molecule has 0 bridgehead atoms. The van der Waals surface area contributed by atoms with E-state index in [1.54, 1.807) is 12.1 Å². The molecule has 2 aliphatic rings. The highest BCUT2D eigenvalue weighted by molar-refractivity contribution is 5.77. The molecule has 0 spiro atoms. The van der Waals surface area contributed by atoms with Gasteiger partial charge in [-0.15, -0.1) is 0 Å². The van der Waals surface area contributed by atoms with E-state index in [1.165, 1.54) is 32.1 Å². The number of nitrogens with one attached hydrogen (secondary N) is 1. The van der Waals surface area contributed by atoms with Crippen LogP contribution in [0, 0.1) is 5.92 Å². The van der Waals surface area contributed by atoms with Gasteiger partial charge in [-0.2, -0.15) is 5.10 Å². The number of hydrogen-bond acceptors (Lipinski definition) is 2. The van der Waals surface area contributed by atoms with Crippen molar-refractivity contribution in [3.63, 3.8) is 0 Å². The average molecular weight is 209 g/mol. The van der Waals surface area contributed by atoms with Crippen molar-refractivity contribution in [1.82, 2.24) is 10.3 Å². The maximum atomic E-state index is 11.6. The third-order valence-electron chi connectivity index (χ3n) is 3.48. The van der Waals surface area contributed by atoms with E-state index in [9.17, 15) is 4.79 Å². The van der Waals surface area contributed by atoms with Gasteiger partial charge in [0.2, 0.25) is 0 Å². The molecule has 4 heteroatoms. The summed E-state index contributed by atoms with van der Waals surface area (Å²) in [5.41, 5.74) is 0. The summed E-state index contributed by atoms with van der Waals surface area (Å²) in [4.78, 5) is 11.6. The van der Waals surface area contributed by atoms with E-state index in [1.807, 2.05) is 6.21 Å². The van der Waals surface area contributed by atoms with Crippen molar-refractivity contribution in [2.24, 2.45) is 11.0 Å². The van der Waals surface area contributed by atoms with Crippen molar-refractivity contribution in [2.75, 3.05) is 7.05 Å². The molecule has 15 heavy (non-hydrogen) atoms. The van der Waals surface area contributed by atoms with E-state index in [4.69, 9.17) is 0 Å². The van der Waals surface area contributed by atoms with E-state index < -0.39 is 0 Å². The molecule has 1 heterocycles. The Morgan fingerprint density at radius 2 is 2.13 bits per heavy atom. The first kappa shape index (κ1) is 10.5. The highest BCUT2D eigenvalue weighted by atomic mass is 16.2. The fourth-order valence-electron chi connectivity index (χ4n) is 2.66. The Bertz CT molecular complexity index is 259. The first-order chi connectivity index (χ1) is 7.33. The van der Waals surface area contributed by atoms with Gasteiger partial charge in [0.05, 0.1) is 6.04 Å². The van der Waals surface area contributed by atoms with Crippen LogP contribution in [0.5, 0.6) is 0 Å². The van der Waals surface area contributed by atoms with Crippen molar-refractivity contribution in [3.8, 4) is 0 Å². The fourth-order valence-corrected chi connectivity index (χ4v) is 2.66. The summed E-state index contributed by atoms with van der Waals surface area (Å²) in [5.74, 6) is 0.651. The number of rotatable bonds is 1. The SMILES string of the molecule is CNC(=O)N1N=CCC1C1CCCCC1. The van der Waals surface area contributed by atoms with Crippen LogP contribution in [0.25, 0.3) is 0 Å². The van der Waals surface area contributed by atoms with Gasteiger partial charge in [0, 0.05) is 19.7 Å². The number of hydrazone groups is 1. The maximum absolute atomic E-state index is 11.6. The second-order valence-electron chi connectivity index (χ2n) is 4.40. The second-order valence-corrected chi connectivity index (χ2v) is 4.40. The molecule has 84 valence electrons. The monoisotopic (exact) mass is 209 g/mol. The van der Waals surface area contributed by atoms with Crippen LogP contribution in [0.2, 0.25) is 0 Å². The molecule has 1 aliphatic carbocycles. The number of hydrogen-bond donors (Lipinski definition) is 1. The minimum absolute atomic E-state index is 0.0701. The summed E-state index contributed by atoms with van der Waals surface area (Å²) >= 11 is 0. The molecule has 1 aliphatic heterocycles. The van der Waals surface area contributed by atoms with Gasteiger partial charge in [0.25, 0.3) is 0 Å². The average Bonchev–Trinajstić information content (AvgIpc) is 2.78. The Morgan fingerprint density at radius 1 is 1.40 bits per heavy atom. The molecule has 1 atom stereocenters. The van der Waals surface area contributed by atoms with Crippen molar-refractivity contribution in [3.05, 3.63) is 0 Å². The highest BCUT2D eigenvalue weighted by Crippen LogP contribution is 2.32. The first-order valence-corrected chi connectivity index (χ1v) is 5.86. The molecule has 2 amide bonds. The molecule has 1 saturated carbocycles. The molecule has 0 radical (unpaired) electrons. The number of urea groups is 1. The molecule has 1 N–H and O–H groups in total. The summed E-state index contributed by atoms with van der Waals surface area (Å²) in [6, 6.07) is 0.240. The van der Waals surface area contributed by atoms with Crippen LogP contribution < -0.4 is 5.32 Å². The molecule has 0 aromatic rings. The zero-order chi connectivity index (χ0) is 10.7. The topological polar surface area (TPSA) is 44.7 Å². The van der Waals surface area contributed by atoms with E-state index >= 15 is 0 Å². The molecule has 0 aromatic heterocycles. The van der Waals surface area contributed by atoms with Crippen molar-refractivity contribution in [1.29, 1.82) is 0 Å². The lowest BCUT2D eigenvalue weighted by atomic mass is 9.83. The van der Waals surface area contributed by atoms with Crippen molar-refractivity contribution >= 4 is 12.2 Å². The lowest BCUT2D eigenvalue weighted by molar-refractivity contribution is 0.148. The minimum Gasteiger partial charge on any atom is -0.340 e. The molecule has 1 fully saturated rings. The van der Waals surface area contributed by atoms with Gasteiger partial charge >= 0.3 is 6.03 Å². The predicted octanol–water partition coefficient (Wildman–Crippen LogP) is 1.97. The minimum atomic E-state index is -0.0701. The van der Waals surface area contributed by atoms with Gasteiger partial charge in [-0.05, 0) is 18.8 Å². The summed E-state index contributed by atoms with van der Waals surface area (Å²) in [7, 11) is 1.66. The van der Waals surface area contributed by atoms with Crippen LogP contribution in [0.15, 0.2) is 5.10 Å². The molecule has 0 saturated heterocycles. The van der Waals surface area contributed by atoms with Crippen LogP contribution in [0.1, 0.15) is 38.5 Å². The summed E-state index contributed by atoms with van der Waals surface area (Å²) < 4.78 is 0. The Balaban J connectivity index is 1.98. The second kappa shape index (κ2) is 4.64. The van der Waals surface area contributed by atoms with E-state index in [0.717, 1.165) is 6.42 Å². The van der Waals surface area contributed by atoms with Crippen LogP contribution >= 0.6 is 0 Å². The number of carbonyl (C=O) groups is 1. The quantitative estimate of drug-likeness (QED) is 0.705. The largest absolute Gasteiger partial charge is 0.340 e. The Labute approximate surface area is 90.7 Å². The first-order valence-electron chi connectivity index (χ1n) is 5.86. The van der Waals surface area contributed by atoms with Gasteiger partial charge in [-0.3, -0.25) is 0 Å². The number of amides is 2. The summed E-state index contributed by atoms with van der Waals surface area (Å²) in [6.45, 7) is 0. The van der Waals surface area contributed by atoms with Crippen LogP contribution in [-0.2, 0) is 0 Å². The van der Waals surface area contributed by atoms with E-state index in [-0.39, 0.29) is 6.03 Å². The smallest absolute Gasteiger partial charge is 0.337 e. The number of nitrogens with zero attached hydrogens (tertiary/aromatic N) is 2. The number of carbonyl (C=O) groups excluding carboxylic acids is 1. The highest BCUT2D eigenvalue weighted by Gasteiger charge is 2.33. The standard InChI is InChI=1S/C11H19N3O/c1-12-11(15)14-10(7-8-13-14)9-5-3-2-4-6-9/h8-10H,2-7H2,1H3,(H,12,15). The van der Waals surface area contributed by atoms with Gasteiger partial charge in [0.1, 0.15) is 0 Å². The molecule has 0 aromatic carbocycles. The zero-order valence-electron chi connectivity index (χ0n) is 9.28. The van der Waals surface area contributed by atoms with Gasteiger partial charge in [-0.1, -0.05) is 19.3 Å². The zero-order valence-corrected chi connectivity index (χ0v) is 9.28. The Hall–Kier alpha value is -1.06. The molecule has 4 nitrogen and oxygen atoms in total. The third-order valence-corrected chi connectivity index (χ3v) is 3.48. The van der Waals surface area contributed by atoms with Crippen molar-refractivity contribution in [2.45, 2.75) is 44.6 Å². The van der Waals surface area contributed by atoms with Gasteiger partial charge < -0.3 is 5.32 Å². The predicted molar refractivity (Wildman–Crippen MR) is 59.8 cm³/mol. The Morgan fingerprint density at radius 3 is 2.80 bits per heavy atom. The molecule has 2 rings (SSSR count). The van der Waals surface area contributed by atoms with Crippen molar-refractivity contribution < 1.29 is 4.79 Å². The van der Waals surface area contributed by atoms with Gasteiger partial charge in [-0.25, -0.2) is 9.80 Å². The normalized spacial score (nSPS) is 27.0. The molecule has 1 unspecified atom stereocenters. The molecular weight excluding hydrogens is 190 g/mol. The van der Waals surface area contributed by atoms with Crippen LogP contribution in [-0.4, -0.2) is 30.3 Å². The summed E-state index contributed by atoms with van der Waals surface area (Å²) in [6.07, 6.45) is 9.27. The maximum Gasteiger partial charge on any atom is 0.337 e. The Kier molecular flexibility index (Phi) is 3.23. The van der Waals surface area contributed by atoms with E-state index in [2.05, 4.69) is 10.4 Å². The van der Waals surface area contributed by atoms with E-state index in [0.29, 0.717) is 12.0 Å².